The van der Waals surface area contributed by atoms with Gasteiger partial charge in [0.05, 0.1) is 0 Å². The molecule has 106 valence electrons. The number of hydrogen-bond donors (Lipinski definition) is 1. The molecule has 20 heavy (non-hydrogen) atoms. The maximum Gasteiger partial charge on any atom is 0.129 e. The van der Waals surface area contributed by atoms with Crippen molar-refractivity contribution in [2.75, 3.05) is 0 Å². The number of aliphatic hydroxyl groups is 1. The number of hydrogen-bond acceptors (Lipinski definition) is 1. The van der Waals surface area contributed by atoms with Crippen LogP contribution in [0, 0.1) is 40.4 Å². The molecule has 1 atom stereocenters. The van der Waals surface area contributed by atoms with Gasteiger partial charge in [-0.15, -0.1) is 0 Å². The monoisotopic (exact) mass is 272 g/mol. The molecule has 2 aromatic rings. The second-order valence-corrected chi connectivity index (χ2v) is 5.46. The highest BCUT2D eigenvalue weighted by Gasteiger charge is 2.21. The van der Waals surface area contributed by atoms with Crippen LogP contribution in [-0.4, -0.2) is 5.11 Å². The van der Waals surface area contributed by atoms with Crippen molar-refractivity contribution in [1.29, 1.82) is 0 Å². The van der Waals surface area contributed by atoms with Crippen molar-refractivity contribution in [3.63, 3.8) is 0 Å². The first-order valence-electron chi connectivity index (χ1n) is 6.85. The van der Waals surface area contributed by atoms with E-state index in [-0.39, 0.29) is 5.82 Å². The lowest BCUT2D eigenvalue weighted by Crippen LogP contribution is -2.10. The summed E-state index contributed by atoms with van der Waals surface area (Å²) in [5, 5.41) is 10.6. The first kappa shape index (κ1) is 14.7. The molecule has 1 N–H and O–H groups in total. The van der Waals surface area contributed by atoms with Crippen LogP contribution in [0.3, 0.4) is 0 Å². The standard InChI is InChI=1S/C18H21FO/c1-10-11(2)13(4)17(14(5)12(10)3)18(20)15-8-6-7-9-16(15)19/h6-9,18,20H,1-5H3. The summed E-state index contributed by atoms with van der Waals surface area (Å²) in [6, 6.07) is 6.41. The summed E-state index contributed by atoms with van der Waals surface area (Å²) in [6.07, 6.45) is -0.922. The van der Waals surface area contributed by atoms with Crippen molar-refractivity contribution >= 4 is 0 Å². The van der Waals surface area contributed by atoms with E-state index in [9.17, 15) is 9.50 Å². The Morgan fingerprint density at radius 2 is 1.25 bits per heavy atom. The Labute approximate surface area is 120 Å². The van der Waals surface area contributed by atoms with E-state index >= 15 is 0 Å². The predicted molar refractivity (Wildman–Crippen MR) is 80.6 cm³/mol. The van der Waals surface area contributed by atoms with Gasteiger partial charge in [0, 0.05) is 5.56 Å². The van der Waals surface area contributed by atoms with Crippen molar-refractivity contribution in [3.05, 3.63) is 69.0 Å². The fraction of sp³-hybridized carbons (Fsp3) is 0.333. The molecule has 0 amide bonds. The van der Waals surface area contributed by atoms with Crippen molar-refractivity contribution < 1.29 is 9.50 Å². The van der Waals surface area contributed by atoms with Crippen LogP contribution in [0.5, 0.6) is 0 Å². The molecule has 2 heteroatoms. The van der Waals surface area contributed by atoms with Crippen LogP contribution in [0.15, 0.2) is 24.3 Å². The SMILES string of the molecule is Cc1c(C)c(C)c(C(O)c2ccccc2F)c(C)c1C. The zero-order valence-corrected chi connectivity index (χ0v) is 12.7. The van der Waals surface area contributed by atoms with Crippen LogP contribution >= 0.6 is 0 Å². The number of benzene rings is 2. The van der Waals surface area contributed by atoms with E-state index in [1.165, 1.54) is 22.8 Å². The van der Waals surface area contributed by atoms with E-state index in [1.807, 2.05) is 13.8 Å². The summed E-state index contributed by atoms with van der Waals surface area (Å²) < 4.78 is 13.9. The molecule has 2 aromatic carbocycles. The molecule has 0 aliphatic rings. The molecule has 0 heterocycles. The number of aliphatic hydroxyl groups excluding tert-OH is 1. The van der Waals surface area contributed by atoms with Gasteiger partial charge >= 0.3 is 0 Å². The Kier molecular flexibility index (Phi) is 3.96. The van der Waals surface area contributed by atoms with Crippen molar-refractivity contribution in [3.8, 4) is 0 Å². The second-order valence-electron chi connectivity index (χ2n) is 5.46. The Balaban J connectivity index is 2.68. The average molecular weight is 272 g/mol. The maximum absolute atomic E-state index is 13.9. The van der Waals surface area contributed by atoms with Gasteiger partial charge in [0.2, 0.25) is 0 Å². The Hall–Kier alpha value is -1.67. The largest absolute Gasteiger partial charge is 0.384 e. The van der Waals surface area contributed by atoms with Crippen LogP contribution in [0.1, 0.15) is 45.0 Å². The molecule has 0 saturated heterocycles. The van der Waals surface area contributed by atoms with Crippen LogP contribution in [-0.2, 0) is 0 Å². The van der Waals surface area contributed by atoms with Crippen LogP contribution < -0.4 is 0 Å². The third-order valence-electron chi connectivity index (χ3n) is 4.53. The van der Waals surface area contributed by atoms with Gasteiger partial charge in [-0.3, -0.25) is 0 Å². The van der Waals surface area contributed by atoms with Crippen LogP contribution in [0.25, 0.3) is 0 Å². The molecule has 0 saturated carbocycles. The van der Waals surface area contributed by atoms with E-state index in [1.54, 1.807) is 18.2 Å². The van der Waals surface area contributed by atoms with Gasteiger partial charge in [0.25, 0.3) is 0 Å². The number of rotatable bonds is 2. The number of halogens is 1. The highest BCUT2D eigenvalue weighted by molar-refractivity contribution is 5.52. The second kappa shape index (κ2) is 5.37. The van der Waals surface area contributed by atoms with Crippen molar-refractivity contribution in [2.24, 2.45) is 0 Å². The van der Waals surface area contributed by atoms with Gasteiger partial charge in [-0.1, -0.05) is 18.2 Å². The van der Waals surface area contributed by atoms with Gasteiger partial charge in [-0.05, 0) is 74.1 Å². The Bertz CT molecular complexity index is 630. The van der Waals surface area contributed by atoms with Gasteiger partial charge < -0.3 is 5.11 Å². The van der Waals surface area contributed by atoms with Gasteiger partial charge in [-0.2, -0.15) is 0 Å². The van der Waals surface area contributed by atoms with Crippen LogP contribution in [0.2, 0.25) is 0 Å². The molecule has 0 aliphatic carbocycles. The van der Waals surface area contributed by atoms with Gasteiger partial charge in [0.15, 0.2) is 0 Å². The molecule has 0 spiro atoms. The van der Waals surface area contributed by atoms with Crippen LogP contribution in [0.4, 0.5) is 4.39 Å². The van der Waals surface area contributed by atoms with Gasteiger partial charge in [-0.25, -0.2) is 4.39 Å². The summed E-state index contributed by atoms with van der Waals surface area (Å²) >= 11 is 0. The molecule has 0 bridgehead atoms. The molecule has 0 radical (unpaired) electrons. The summed E-state index contributed by atoms with van der Waals surface area (Å²) in [6.45, 7) is 10.2. The summed E-state index contributed by atoms with van der Waals surface area (Å²) in [4.78, 5) is 0. The molecule has 1 nitrogen and oxygen atoms in total. The topological polar surface area (TPSA) is 20.2 Å². The first-order chi connectivity index (χ1) is 9.36. The van der Waals surface area contributed by atoms with E-state index in [2.05, 4.69) is 20.8 Å². The minimum Gasteiger partial charge on any atom is -0.384 e. The molecule has 0 aliphatic heterocycles. The zero-order chi connectivity index (χ0) is 15.0. The Morgan fingerprint density at radius 3 is 1.75 bits per heavy atom. The third-order valence-corrected chi connectivity index (χ3v) is 4.53. The van der Waals surface area contributed by atoms with E-state index < -0.39 is 6.10 Å². The lowest BCUT2D eigenvalue weighted by molar-refractivity contribution is 0.213. The molecule has 1 unspecified atom stereocenters. The van der Waals surface area contributed by atoms with E-state index in [0.29, 0.717) is 5.56 Å². The summed E-state index contributed by atoms with van der Waals surface area (Å²) in [5.41, 5.74) is 6.82. The lowest BCUT2D eigenvalue weighted by atomic mass is 9.85. The van der Waals surface area contributed by atoms with Crippen molar-refractivity contribution in [2.45, 2.75) is 40.7 Å². The quantitative estimate of drug-likeness (QED) is 0.856. The van der Waals surface area contributed by atoms with Gasteiger partial charge in [0.1, 0.15) is 11.9 Å². The smallest absolute Gasteiger partial charge is 0.129 e. The molecular formula is C18H21FO. The van der Waals surface area contributed by atoms with E-state index in [4.69, 9.17) is 0 Å². The third kappa shape index (κ3) is 2.25. The summed E-state index contributed by atoms with van der Waals surface area (Å²) in [7, 11) is 0. The minimum absolute atomic E-state index is 0.335. The maximum atomic E-state index is 13.9. The molecule has 0 aromatic heterocycles. The first-order valence-corrected chi connectivity index (χ1v) is 6.85. The highest BCUT2D eigenvalue weighted by Crippen LogP contribution is 2.34. The average Bonchev–Trinajstić information content (AvgIpc) is 2.43. The Morgan fingerprint density at radius 1 is 0.800 bits per heavy atom. The van der Waals surface area contributed by atoms with Crippen molar-refractivity contribution in [1.82, 2.24) is 0 Å². The fourth-order valence-corrected chi connectivity index (χ4v) is 2.79. The fourth-order valence-electron chi connectivity index (χ4n) is 2.79. The lowest BCUT2D eigenvalue weighted by Gasteiger charge is -2.23. The highest BCUT2D eigenvalue weighted by atomic mass is 19.1. The summed E-state index contributed by atoms with van der Waals surface area (Å²) in [5.74, 6) is -0.366. The molecule has 2 rings (SSSR count). The zero-order valence-electron chi connectivity index (χ0n) is 12.7. The minimum atomic E-state index is -0.922. The van der Waals surface area contributed by atoms with E-state index in [0.717, 1.165) is 16.7 Å². The normalized spacial score (nSPS) is 12.6. The molecular weight excluding hydrogens is 251 g/mol. The predicted octanol–water partition coefficient (Wildman–Crippen LogP) is 4.45. The molecule has 0 fully saturated rings.